The number of nitrogens with zero attached hydrogens (tertiary/aromatic N) is 1. The summed E-state index contributed by atoms with van der Waals surface area (Å²) in [4.78, 5) is 47.9. The molecule has 1 rings (SSSR count). The number of carbonyl (C=O) groups is 4. The Kier molecular flexibility index (Phi) is 3.44. The van der Waals surface area contributed by atoms with Gasteiger partial charge < -0.3 is 15.1 Å². The average molecular weight is 246 g/mol. The predicted octanol–water partition coefficient (Wildman–Crippen LogP) is -2.28. The van der Waals surface area contributed by atoms with E-state index in [-0.39, 0.29) is 5.06 Å². The van der Waals surface area contributed by atoms with Crippen LogP contribution in [0, 0.1) is 0 Å². The van der Waals surface area contributed by atoms with Crippen molar-refractivity contribution in [3.8, 4) is 0 Å². The first-order valence-electron chi connectivity index (χ1n) is 4.55. The van der Waals surface area contributed by atoms with Gasteiger partial charge in [-0.25, -0.2) is 4.79 Å². The quantitative estimate of drug-likeness (QED) is 0.371. The van der Waals surface area contributed by atoms with Crippen molar-refractivity contribution in [2.24, 2.45) is 5.73 Å². The Balaban J connectivity index is 2.58. The minimum atomic E-state index is -2.38. The van der Waals surface area contributed by atoms with Gasteiger partial charge in [0.05, 0.1) is 19.3 Å². The van der Waals surface area contributed by atoms with E-state index in [9.17, 15) is 24.3 Å². The fourth-order valence-electron chi connectivity index (χ4n) is 1.12. The Morgan fingerprint density at radius 1 is 1.41 bits per heavy atom. The first-order chi connectivity index (χ1) is 7.74. The molecule has 9 nitrogen and oxygen atoms in total. The molecule has 1 fully saturated rings. The fraction of sp³-hybridized carbons (Fsp3) is 0.500. The molecule has 1 aliphatic heterocycles. The van der Waals surface area contributed by atoms with Crippen molar-refractivity contribution in [1.82, 2.24) is 5.06 Å². The van der Waals surface area contributed by atoms with Crippen LogP contribution in [0.15, 0.2) is 0 Å². The third kappa shape index (κ3) is 2.98. The van der Waals surface area contributed by atoms with Gasteiger partial charge in [-0.1, -0.05) is 5.06 Å². The molecule has 1 saturated heterocycles. The average Bonchev–Trinajstić information content (AvgIpc) is 2.38. The van der Waals surface area contributed by atoms with Gasteiger partial charge in [-0.2, -0.15) is 0 Å². The first-order valence-corrected chi connectivity index (χ1v) is 4.55. The molecular formula is C8H10N2O7. The van der Waals surface area contributed by atoms with Gasteiger partial charge in [-0.05, 0) is 0 Å². The van der Waals surface area contributed by atoms with Crippen molar-refractivity contribution in [3.05, 3.63) is 0 Å². The molecule has 1 unspecified atom stereocenters. The number of hydrogen-bond donors (Lipinski definition) is 3. The predicted molar refractivity (Wildman–Crippen MR) is 48.6 cm³/mol. The molecule has 0 aromatic carbocycles. The van der Waals surface area contributed by atoms with Crippen molar-refractivity contribution >= 4 is 23.8 Å². The summed E-state index contributed by atoms with van der Waals surface area (Å²) in [5, 5.41) is 17.6. The molecule has 0 aliphatic carbocycles. The number of aliphatic hydroxyl groups is 1. The van der Waals surface area contributed by atoms with Crippen LogP contribution in [0.25, 0.3) is 0 Å². The first kappa shape index (κ1) is 13.1. The topological polar surface area (TPSA) is 147 Å². The minimum absolute atomic E-state index is 0.0458. The third-order valence-electron chi connectivity index (χ3n) is 1.94. The number of aliphatic carboxylic acids is 1. The van der Waals surface area contributed by atoms with Gasteiger partial charge in [0.1, 0.15) is 0 Å². The maximum atomic E-state index is 11.2. The SMILES string of the molecule is NC1(O)CC(=O)N(OC(=O)CCC(=O)O)C1=O. The minimum Gasteiger partial charge on any atom is -0.481 e. The number of imide groups is 1. The largest absolute Gasteiger partial charge is 0.481 e. The van der Waals surface area contributed by atoms with Crippen LogP contribution in [0.2, 0.25) is 0 Å². The summed E-state index contributed by atoms with van der Waals surface area (Å²) >= 11 is 0. The van der Waals surface area contributed by atoms with E-state index in [0.29, 0.717) is 0 Å². The highest BCUT2D eigenvalue weighted by Crippen LogP contribution is 2.19. The van der Waals surface area contributed by atoms with Gasteiger partial charge in [0.15, 0.2) is 0 Å². The summed E-state index contributed by atoms with van der Waals surface area (Å²) in [6.07, 6.45) is -1.70. The zero-order valence-corrected chi connectivity index (χ0v) is 8.58. The lowest BCUT2D eigenvalue weighted by Gasteiger charge is -2.15. The number of hydrogen-bond acceptors (Lipinski definition) is 7. The fourth-order valence-corrected chi connectivity index (χ4v) is 1.12. The van der Waals surface area contributed by atoms with Crippen LogP contribution in [0.1, 0.15) is 19.3 Å². The molecule has 2 amide bonds. The molecule has 0 aromatic rings. The highest BCUT2D eigenvalue weighted by atomic mass is 16.7. The Morgan fingerprint density at radius 2 is 2.00 bits per heavy atom. The van der Waals surface area contributed by atoms with Crippen molar-refractivity contribution in [1.29, 1.82) is 0 Å². The molecule has 17 heavy (non-hydrogen) atoms. The van der Waals surface area contributed by atoms with E-state index < -0.39 is 48.7 Å². The van der Waals surface area contributed by atoms with E-state index in [1.165, 1.54) is 0 Å². The smallest absolute Gasteiger partial charge is 0.333 e. The van der Waals surface area contributed by atoms with Crippen molar-refractivity contribution in [2.75, 3.05) is 0 Å². The van der Waals surface area contributed by atoms with E-state index in [1.807, 2.05) is 0 Å². The molecule has 4 N–H and O–H groups in total. The van der Waals surface area contributed by atoms with Gasteiger partial charge in [-0.15, -0.1) is 0 Å². The molecule has 1 aliphatic rings. The number of rotatable bonds is 4. The van der Waals surface area contributed by atoms with Crippen molar-refractivity contribution in [2.45, 2.75) is 25.0 Å². The third-order valence-corrected chi connectivity index (χ3v) is 1.94. The van der Waals surface area contributed by atoms with Gasteiger partial charge in [0.25, 0.3) is 5.91 Å². The molecule has 1 heterocycles. The Bertz CT molecular complexity index is 389. The van der Waals surface area contributed by atoms with Crippen molar-refractivity contribution in [3.63, 3.8) is 0 Å². The standard InChI is InChI=1S/C8H10N2O7/c9-8(16)3-4(11)10(7(8)15)17-6(14)2-1-5(12)13/h16H,1-3,9H2,(H,12,13). The van der Waals surface area contributed by atoms with E-state index in [2.05, 4.69) is 4.84 Å². The van der Waals surface area contributed by atoms with Gasteiger partial charge in [-0.3, -0.25) is 20.1 Å². The molecule has 0 bridgehead atoms. The number of carboxylic acids is 1. The summed E-state index contributed by atoms with van der Waals surface area (Å²) in [6, 6.07) is 0. The lowest BCUT2D eigenvalue weighted by molar-refractivity contribution is -0.200. The van der Waals surface area contributed by atoms with Gasteiger partial charge in [0, 0.05) is 0 Å². The Morgan fingerprint density at radius 3 is 2.41 bits per heavy atom. The monoisotopic (exact) mass is 246 g/mol. The second kappa shape index (κ2) is 4.47. The summed E-state index contributed by atoms with van der Waals surface area (Å²) in [6.45, 7) is 0. The van der Waals surface area contributed by atoms with Crippen molar-refractivity contribution < 1.29 is 34.2 Å². The Hall–Kier alpha value is -2.00. The maximum Gasteiger partial charge on any atom is 0.333 e. The molecule has 0 spiro atoms. The van der Waals surface area contributed by atoms with Gasteiger partial charge >= 0.3 is 17.8 Å². The molecule has 0 aromatic heterocycles. The van der Waals surface area contributed by atoms with Crippen LogP contribution in [0.3, 0.4) is 0 Å². The van der Waals surface area contributed by atoms with Gasteiger partial charge in [0.2, 0.25) is 5.72 Å². The summed E-state index contributed by atoms with van der Waals surface area (Å²) < 4.78 is 0. The molecule has 1 atom stereocenters. The second-order valence-corrected chi connectivity index (χ2v) is 3.45. The molecule has 0 radical (unpaired) electrons. The van der Waals surface area contributed by atoms with Crippen LogP contribution in [0.5, 0.6) is 0 Å². The van der Waals surface area contributed by atoms with E-state index in [4.69, 9.17) is 10.8 Å². The zero-order valence-electron chi connectivity index (χ0n) is 8.58. The lowest BCUT2D eigenvalue weighted by atomic mass is 10.2. The van der Waals surface area contributed by atoms with Crippen LogP contribution in [0.4, 0.5) is 0 Å². The van der Waals surface area contributed by atoms with E-state index >= 15 is 0 Å². The summed E-state index contributed by atoms with van der Waals surface area (Å²) in [5.74, 6) is -4.53. The highest BCUT2D eigenvalue weighted by Gasteiger charge is 2.50. The highest BCUT2D eigenvalue weighted by molar-refractivity contribution is 6.06. The van der Waals surface area contributed by atoms with Crippen LogP contribution >= 0.6 is 0 Å². The van der Waals surface area contributed by atoms with E-state index in [1.54, 1.807) is 0 Å². The summed E-state index contributed by atoms with van der Waals surface area (Å²) in [5.41, 5.74) is 2.67. The number of carboxylic acid groups (broad SMARTS) is 1. The van der Waals surface area contributed by atoms with Crippen LogP contribution < -0.4 is 5.73 Å². The van der Waals surface area contributed by atoms with E-state index in [0.717, 1.165) is 0 Å². The number of hydroxylamine groups is 2. The lowest BCUT2D eigenvalue weighted by Crippen LogP contribution is -2.48. The second-order valence-electron chi connectivity index (χ2n) is 3.45. The number of carbonyl (C=O) groups excluding carboxylic acids is 3. The molecule has 9 heteroatoms. The Labute approximate surface area is 94.7 Å². The molecule has 94 valence electrons. The maximum absolute atomic E-state index is 11.2. The van der Waals surface area contributed by atoms with Crippen LogP contribution in [-0.4, -0.2) is 44.8 Å². The molecule has 0 saturated carbocycles. The summed E-state index contributed by atoms with van der Waals surface area (Å²) in [7, 11) is 0. The normalized spacial score (nSPS) is 24.0. The molecular weight excluding hydrogens is 236 g/mol. The van der Waals surface area contributed by atoms with Crippen LogP contribution in [-0.2, 0) is 24.0 Å². The number of amides is 2. The number of nitrogens with two attached hydrogens (primary N) is 1. The zero-order chi connectivity index (χ0) is 13.2.